The van der Waals surface area contributed by atoms with Crippen LogP contribution in [0.5, 0.6) is 5.88 Å². The molecule has 1 N–H and O–H groups in total. The molecule has 2 heterocycles. The molecule has 3 rings (SSSR count). The van der Waals surface area contributed by atoms with Gasteiger partial charge in [-0.2, -0.15) is 0 Å². The number of carbonyl (C=O) groups excluding carboxylic acids is 2. The van der Waals surface area contributed by atoms with E-state index in [4.69, 9.17) is 9.47 Å². The minimum atomic E-state index is -0.516. The molecular formula is C20H29N3O4. The van der Waals surface area contributed by atoms with Gasteiger partial charge in [0.15, 0.2) is 0 Å². The highest BCUT2D eigenvalue weighted by Crippen LogP contribution is 2.33. The Bertz CT molecular complexity index is 701. The Kier molecular flexibility index (Phi) is 6.31. The van der Waals surface area contributed by atoms with E-state index in [9.17, 15) is 9.59 Å². The third-order valence-electron chi connectivity index (χ3n) is 5.31. The van der Waals surface area contributed by atoms with E-state index in [1.54, 1.807) is 14.0 Å². The summed E-state index contributed by atoms with van der Waals surface area (Å²) in [6.07, 6.45) is 4.83. The minimum absolute atomic E-state index is 0.0410. The van der Waals surface area contributed by atoms with E-state index >= 15 is 0 Å². The second-order valence-corrected chi connectivity index (χ2v) is 7.25. The Morgan fingerprint density at radius 3 is 2.81 bits per heavy atom. The zero-order chi connectivity index (χ0) is 19.4. The van der Waals surface area contributed by atoms with Gasteiger partial charge in [0.05, 0.1) is 24.9 Å². The van der Waals surface area contributed by atoms with E-state index in [1.165, 1.54) is 12.8 Å². The predicted octanol–water partition coefficient (Wildman–Crippen LogP) is 2.42. The third-order valence-corrected chi connectivity index (χ3v) is 5.31. The molecule has 0 spiro atoms. The molecule has 1 fully saturated rings. The van der Waals surface area contributed by atoms with Gasteiger partial charge in [-0.15, -0.1) is 0 Å². The van der Waals surface area contributed by atoms with Crippen molar-refractivity contribution in [3.63, 3.8) is 0 Å². The molecule has 0 bridgehead atoms. The van der Waals surface area contributed by atoms with Crippen molar-refractivity contribution in [1.29, 1.82) is 0 Å². The molecule has 7 heteroatoms. The maximum atomic E-state index is 12.8. The van der Waals surface area contributed by atoms with Crippen molar-refractivity contribution in [2.75, 3.05) is 13.7 Å². The maximum Gasteiger partial charge on any atom is 0.256 e. The fraction of sp³-hybridized carbons (Fsp3) is 0.650. The molecule has 0 saturated heterocycles. The van der Waals surface area contributed by atoms with E-state index in [2.05, 4.69) is 10.3 Å². The van der Waals surface area contributed by atoms with Crippen molar-refractivity contribution < 1.29 is 19.1 Å². The van der Waals surface area contributed by atoms with Gasteiger partial charge in [-0.05, 0) is 32.3 Å². The van der Waals surface area contributed by atoms with Gasteiger partial charge in [-0.25, -0.2) is 4.98 Å². The number of aromatic nitrogens is 1. The molecule has 27 heavy (non-hydrogen) atoms. The Morgan fingerprint density at radius 2 is 2.15 bits per heavy atom. The summed E-state index contributed by atoms with van der Waals surface area (Å²) in [6, 6.07) is 2.13. The lowest BCUT2D eigenvalue weighted by Gasteiger charge is -2.22. The number of carbonyl (C=O) groups is 2. The second-order valence-electron chi connectivity index (χ2n) is 7.25. The summed E-state index contributed by atoms with van der Waals surface area (Å²) >= 11 is 0. The largest absolute Gasteiger partial charge is 0.481 e. The highest BCUT2D eigenvalue weighted by molar-refractivity contribution is 5.98. The Hall–Kier alpha value is -2.15. The van der Waals surface area contributed by atoms with E-state index in [1.807, 2.05) is 17.9 Å². The van der Waals surface area contributed by atoms with Crippen LogP contribution in [-0.2, 0) is 22.6 Å². The van der Waals surface area contributed by atoms with Gasteiger partial charge in [0.2, 0.25) is 11.8 Å². The quantitative estimate of drug-likeness (QED) is 0.755. The van der Waals surface area contributed by atoms with Gasteiger partial charge in [0.25, 0.3) is 5.91 Å². The van der Waals surface area contributed by atoms with Crippen LogP contribution in [-0.4, -0.2) is 47.6 Å². The van der Waals surface area contributed by atoms with Crippen LogP contribution in [0.25, 0.3) is 0 Å². The van der Waals surface area contributed by atoms with Crippen LogP contribution in [0.3, 0.4) is 0 Å². The van der Waals surface area contributed by atoms with Crippen LogP contribution in [0.15, 0.2) is 6.07 Å². The molecule has 7 nitrogen and oxygen atoms in total. The Morgan fingerprint density at radius 1 is 1.41 bits per heavy atom. The van der Waals surface area contributed by atoms with Crippen LogP contribution in [0, 0.1) is 0 Å². The summed E-state index contributed by atoms with van der Waals surface area (Å²) in [7, 11) is 1.55. The Labute approximate surface area is 160 Å². The smallest absolute Gasteiger partial charge is 0.256 e. The van der Waals surface area contributed by atoms with Crippen LogP contribution >= 0.6 is 0 Å². The standard InChI is InChI=1S/C20H29N3O4/c1-4-9-27-13(2)18(24)21-11-14-10-16-17(22-19(14)26-3)12-23(20(16)25)15-7-5-6-8-15/h10,13,15H,4-9,11-12H2,1-3H3,(H,21,24). The maximum absolute atomic E-state index is 12.8. The van der Waals surface area contributed by atoms with Gasteiger partial charge in [-0.3, -0.25) is 9.59 Å². The summed E-state index contributed by atoms with van der Waals surface area (Å²) < 4.78 is 10.8. The molecule has 1 aliphatic carbocycles. The minimum Gasteiger partial charge on any atom is -0.481 e. The topological polar surface area (TPSA) is 80.8 Å². The molecule has 2 amide bonds. The number of rotatable bonds is 8. The predicted molar refractivity (Wildman–Crippen MR) is 100 cm³/mol. The van der Waals surface area contributed by atoms with Gasteiger partial charge in [0.1, 0.15) is 6.10 Å². The lowest BCUT2D eigenvalue weighted by molar-refractivity contribution is -0.131. The SMILES string of the molecule is CCCOC(C)C(=O)NCc1cc2c(nc1OC)CN(C1CCCC1)C2=O. The first-order valence-electron chi connectivity index (χ1n) is 9.82. The van der Waals surface area contributed by atoms with Crippen molar-refractivity contribution in [3.8, 4) is 5.88 Å². The van der Waals surface area contributed by atoms with E-state index < -0.39 is 6.10 Å². The molecule has 0 aromatic carbocycles. The first kappa shape index (κ1) is 19.6. The van der Waals surface area contributed by atoms with Crippen LogP contribution in [0.1, 0.15) is 67.6 Å². The zero-order valence-electron chi connectivity index (χ0n) is 16.4. The summed E-state index contributed by atoms with van der Waals surface area (Å²) in [5, 5.41) is 2.85. The monoisotopic (exact) mass is 375 g/mol. The van der Waals surface area contributed by atoms with E-state index in [0.717, 1.165) is 25.0 Å². The van der Waals surface area contributed by atoms with Crippen LogP contribution < -0.4 is 10.1 Å². The van der Waals surface area contributed by atoms with Crippen LogP contribution in [0.4, 0.5) is 0 Å². The lowest BCUT2D eigenvalue weighted by Crippen LogP contribution is -2.34. The molecule has 0 radical (unpaired) electrons. The molecule has 1 aromatic heterocycles. The van der Waals surface area contributed by atoms with Crippen LogP contribution in [0.2, 0.25) is 0 Å². The van der Waals surface area contributed by atoms with Crippen molar-refractivity contribution in [3.05, 3.63) is 22.9 Å². The number of nitrogens with zero attached hydrogens (tertiary/aromatic N) is 2. The van der Waals surface area contributed by atoms with Gasteiger partial charge in [-0.1, -0.05) is 19.8 Å². The number of ether oxygens (including phenoxy) is 2. The molecule has 1 aliphatic heterocycles. The molecule has 2 aliphatic rings. The van der Waals surface area contributed by atoms with Crippen molar-refractivity contribution in [2.24, 2.45) is 0 Å². The third kappa shape index (κ3) is 4.24. The van der Waals surface area contributed by atoms with Crippen molar-refractivity contribution in [1.82, 2.24) is 15.2 Å². The molecule has 1 saturated carbocycles. The molecular weight excluding hydrogens is 346 g/mol. The highest BCUT2D eigenvalue weighted by Gasteiger charge is 2.36. The fourth-order valence-corrected chi connectivity index (χ4v) is 3.78. The summed E-state index contributed by atoms with van der Waals surface area (Å²) in [5.41, 5.74) is 2.09. The number of fused-ring (bicyclic) bond motifs is 1. The molecule has 148 valence electrons. The van der Waals surface area contributed by atoms with E-state index in [-0.39, 0.29) is 18.4 Å². The molecule has 1 unspecified atom stereocenters. The highest BCUT2D eigenvalue weighted by atomic mass is 16.5. The summed E-state index contributed by atoms with van der Waals surface area (Å²) in [6.45, 7) is 5.07. The van der Waals surface area contributed by atoms with E-state index in [0.29, 0.717) is 36.2 Å². The Balaban J connectivity index is 1.70. The first-order chi connectivity index (χ1) is 13.0. The normalized spacial score (nSPS) is 17.9. The molecule has 1 atom stereocenters. The number of amides is 2. The van der Waals surface area contributed by atoms with Crippen molar-refractivity contribution >= 4 is 11.8 Å². The van der Waals surface area contributed by atoms with Gasteiger partial charge < -0.3 is 19.7 Å². The van der Waals surface area contributed by atoms with Gasteiger partial charge >= 0.3 is 0 Å². The number of hydrogen-bond donors (Lipinski definition) is 1. The lowest BCUT2D eigenvalue weighted by atomic mass is 10.1. The fourth-order valence-electron chi connectivity index (χ4n) is 3.78. The second kappa shape index (κ2) is 8.69. The number of pyridine rings is 1. The first-order valence-corrected chi connectivity index (χ1v) is 9.82. The van der Waals surface area contributed by atoms with Gasteiger partial charge in [0, 0.05) is 24.8 Å². The average Bonchev–Trinajstić information content (AvgIpc) is 3.31. The van der Waals surface area contributed by atoms with Crippen molar-refractivity contribution in [2.45, 2.75) is 71.2 Å². The zero-order valence-corrected chi connectivity index (χ0v) is 16.4. The average molecular weight is 375 g/mol. The summed E-state index contributed by atoms with van der Waals surface area (Å²) in [4.78, 5) is 31.5. The number of hydrogen-bond acceptors (Lipinski definition) is 5. The number of methoxy groups -OCH3 is 1. The summed E-state index contributed by atoms with van der Waals surface area (Å²) in [5.74, 6) is 0.307. The number of nitrogens with one attached hydrogen (secondary N) is 1. The molecule has 1 aromatic rings.